The lowest BCUT2D eigenvalue weighted by molar-refractivity contribution is 0.0195. The van der Waals surface area contributed by atoms with Crippen LogP contribution in [-0.2, 0) is 0 Å². The number of anilines is 3. The number of nitrogens with one attached hydrogen (secondary N) is 4. The SMILES string of the molecule is CNc1nc(NC2CCC(C)(O)CC2)nn2ccc(-c3ccc(N=N)c(N[C@H](C)CF)n3)c12. The first-order valence-electron chi connectivity index (χ1n) is 11.1. The van der Waals surface area contributed by atoms with Gasteiger partial charge >= 0.3 is 0 Å². The Morgan fingerprint density at radius 1 is 1.27 bits per heavy atom. The average Bonchev–Trinajstić information content (AvgIpc) is 3.24. The smallest absolute Gasteiger partial charge is 0.243 e. The van der Waals surface area contributed by atoms with Gasteiger partial charge in [-0.2, -0.15) is 10.1 Å². The highest BCUT2D eigenvalue weighted by Gasteiger charge is 2.29. The number of aromatic nitrogens is 4. The van der Waals surface area contributed by atoms with Crippen molar-refractivity contribution in [2.75, 3.05) is 29.7 Å². The minimum atomic E-state index is -0.597. The second kappa shape index (κ2) is 9.26. The van der Waals surface area contributed by atoms with Crippen molar-refractivity contribution in [2.24, 2.45) is 5.11 Å². The Labute approximate surface area is 191 Å². The summed E-state index contributed by atoms with van der Waals surface area (Å²) in [5, 5.41) is 27.8. The van der Waals surface area contributed by atoms with Crippen molar-refractivity contribution in [1.29, 1.82) is 5.53 Å². The molecule has 0 spiro atoms. The van der Waals surface area contributed by atoms with Gasteiger partial charge in [0.25, 0.3) is 0 Å². The van der Waals surface area contributed by atoms with Gasteiger partial charge in [-0.15, -0.1) is 5.10 Å². The molecule has 1 fully saturated rings. The third-order valence-electron chi connectivity index (χ3n) is 6.03. The number of rotatable bonds is 8. The number of nitrogens with zero attached hydrogens (tertiary/aromatic N) is 5. The fourth-order valence-corrected chi connectivity index (χ4v) is 4.10. The highest BCUT2D eigenvalue weighted by molar-refractivity contribution is 5.88. The summed E-state index contributed by atoms with van der Waals surface area (Å²) in [6.07, 6.45) is 5.02. The predicted molar refractivity (Wildman–Crippen MR) is 126 cm³/mol. The predicted octanol–water partition coefficient (Wildman–Crippen LogP) is 4.37. The fourth-order valence-electron chi connectivity index (χ4n) is 4.10. The zero-order valence-corrected chi connectivity index (χ0v) is 19.1. The molecule has 3 heterocycles. The van der Waals surface area contributed by atoms with Crippen LogP contribution in [0, 0.1) is 5.53 Å². The summed E-state index contributed by atoms with van der Waals surface area (Å²) in [6.45, 7) is 3.01. The molecular formula is C22H30FN9O. The Kier molecular flexibility index (Phi) is 6.41. The molecule has 33 heavy (non-hydrogen) atoms. The van der Waals surface area contributed by atoms with Gasteiger partial charge < -0.3 is 21.1 Å². The maximum absolute atomic E-state index is 13.0. The third kappa shape index (κ3) is 4.87. The van der Waals surface area contributed by atoms with E-state index in [1.807, 2.05) is 19.2 Å². The molecule has 1 atom stereocenters. The number of alkyl halides is 1. The van der Waals surface area contributed by atoms with Crippen molar-refractivity contribution in [3.8, 4) is 11.3 Å². The van der Waals surface area contributed by atoms with E-state index in [2.05, 4.69) is 36.1 Å². The van der Waals surface area contributed by atoms with E-state index in [-0.39, 0.29) is 6.04 Å². The second-order valence-electron chi connectivity index (χ2n) is 8.85. The first-order valence-corrected chi connectivity index (χ1v) is 11.1. The minimum Gasteiger partial charge on any atom is -0.390 e. The molecule has 1 saturated carbocycles. The van der Waals surface area contributed by atoms with Crippen molar-refractivity contribution in [2.45, 2.75) is 57.2 Å². The molecule has 176 valence electrons. The zero-order chi connectivity index (χ0) is 23.6. The van der Waals surface area contributed by atoms with Crippen molar-refractivity contribution >= 4 is 28.8 Å². The first-order chi connectivity index (χ1) is 15.8. The van der Waals surface area contributed by atoms with Gasteiger partial charge in [0.05, 0.1) is 17.3 Å². The quantitative estimate of drug-likeness (QED) is 0.318. The lowest BCUT2D eigenvalue weighted by Gasteiger charge is -2.33. The van der Waals surface area contributed by atoms with Crippen molar-refractivity contribution in [1.82, 2.24) is 19.6 Å². The fraction of sp³-hybridized carbons (Fsp3) is 0.500. The zero-order valence-electron chi connectivity index (χ0n) is 19.1. The maximum Gasteiger partial charge on any atom is 0.243 e. The molecule has 4 rings (SSSR count). The Morgan fingerprint density at radius 2 is 2.03 bits per heavy atom. The molecule has 3 aromatic heterocycles. The Balaban J connectivity index is 1.66. The van der Waals surface area contributed by atoms with E-state index in [1.165, 1.54) is 0 Å². The van der Waals surface area contributed by atoms with Gasteiger partial charge in [-0.1, -0.05) is 0 Å². The minimum absolute atomic E-state index is 0.205. The van der Waals surface area contributed by atoms with Gasteiger partial charge in [0.1, 0.15) is 17.9 Å². The van der Waals surface area contributed by atoms with E-state index < -0.39 is 18.3 Å². The summed E-state index contributed by atoms with van der Waals surface area (Å²) < 4.78 is 14.8. The molecule has 5 N–H and O–H groups in total. The molecule has 1 aliphatic carbocycles. The number of fused-ring (bicyclic) bond motifs is 1. The Hall–Kier alpha value is -3.34. The number of halogens is 1. The van der Waals surface area contributed by atoms with Crippen LogP contribution in [0.5, 0.6) is 0 Å². The topological polar surface area (TPSA) is 136 Å². The molecule has 0 aliphatic heterocycles. The second-order valence-corrected chi connectivity index (χ2v) is 8.85. The molecule has 0 saturated heterocycles. The molecule has 3 aromatic rings. The van der Waals surface area contributed by atoms with Crippen LogP contribution in [-0.4, -0.2) is 56.1 Å². The van der Waals surface area contributed by atoms with Gasteiger partial charge in [-0.05, 0) is 57.7 Å². The van der Waals surface area contributed by atoms with Crippen LogP contribution < -0.4 is 16.0 Å². The van der Waals surface area contributed by atoms with Gasteiger partial charge in [-0.25, -0.2) is 19.4 Å². The molecule has 10 nitrogen and oxygen atoms in total. The largest absolute Gasteiger partial charge is 0.390 e. The maximum atomic E-state index is 13.0. The van der Waals surface area contributed by atoms with Crippen molar-refractivity contribution in [3.63, 3.8) is 0 Å². The Bertz CT molecular complexity index is 1140. The Morgan fingerprint density at radius 3 is 2.70 bits per heavy atom. The van der Waals surface area contributed by atoms with E-state index in [0.717, 1.165) is 36.8 Å². The van der Waals surface area contributed by atoms with E-state index in [0.29, 0.717) is 29.0 Å². The van der Waals surface area contributed by atoms with Gasteiger partial charge in [0, 0.05) is 24.8 Å². The summed E-state index contributed by atoms with van der Waals surface area (Å²) in [5.74, 6) is 1.50. The lowest BCUT2D eigenvalue weighted by atomic mass is 9.84. The van der Waals surface area contributed by atoms with Crippen LogP contribution in [0.2, 0.25) is 0 Å². The molecule has 0 unspecified atom stereocenters. The van der Waals surface area contributed by atoms with Gasteiger partial charge in [0.15, 0.2) is 11.6 Å². The van der Waals surface area contributed by atoms with Gasteiger partial charge in [0.2, 0.25) is 5.95 Å². The lowest BCUT2D eigenvalue weighted by Crippen LogP contribution is -2.36. The molecule has 0 amide bonds. The summed E-state index contributed by atoms with van der Waals surface area (Å²) >= 11 is 0. The molecule has 0 radical (unpaired) electrons. The van der Waals surface area contributed by atoms with E-state index in [1.54, 1.807) is 30.6 Å². The summed E-state index contributed by atoms with van der Waals surface area (Å²) in [7, 11) is 1.80. The van der Waals surface area contributed by atoms with Crippen LogP contribution in [0.4, 0.5) is 27.7 Å². The summed E-state index contributed by atoms with van der Waals surface area (Å²) in [6, 6.07) is 5.10. The first kappa shape index (κ1) is 22.8. The van der Waals surface area contributed by atoms with Crippen molar-refractivity contribution in [3.05, 3.63) is 24.4 Å². The van der Waals surface area contributed by atoms with Crippen molar-refractivity contribution < 1.29 is 9.50 Å². The molecule has 0 bridgehead atoms. The summed E-state index contributed by atoms with van der Waals surface area (Å²) in [4.78, 5) is 9.27. The highest BCUT2D eigenvalue weighted by Crippen LogP contribution is 2.34. The molecular weight excluding hydrogens is 425 g/mol. The number of hydrogen-bond acceptors (Lipinski definition) is 9. The normalized spacial score (nSPS) is 21.5. The highest BCUT2D eigenvalue weighted by atomic mass is 19.1. The number of pyridine rings is 1. The monoisotopic (exact) mass is 455 g/mol. The van der Waals surface area contributed by atoms with E-state index in [9.17, 15) is 9.50 Å². The molecule has 11 heteroatoms. The number of hydrogen-bond donors (Lipinski definition) is 5. The summed E-state index contributed by atoms with van der Waals surface area (Å²) in [5.41, 5.74) is 9.30. The van der Waals surface area contributed by atoms with Crippen LogP contribution >= 0.6 is 0 Å². The third-order valence-corrected chi connectivity index (χ3v) is 6.03. The standard InChI is InChI=1S/C22H30FN9O/c1-13(12-23)26-19-17(30-24)5-4-16(28-19)15-8-11-32-18(15)20(25-3)29-21(31-32)27-14-6-9-22(2,33)10-7-14/h4-5,8,11,13-14,24,33H,6-7,9-10,12H2,1-3H3,(H,26,28)(H2,25,27,29,31)/t13-,14?,22?/m1/s1. The number of aliphatic hydroxyl groups is 1. The van der Waals surface area contributed by atoms with Gasteiger partial charge in [-0.3, -0.25) is 0 Å². The van der Waals surface area contributed by atoms with Crippen LogP contribution in [0.15, 0.2) is 29.5 Å². The van der Waals surface area contributed by atoms with Crippen LogP contribution in [0.1, 0.15) is 39.5 Å². The van der Waals surface area contributed by atoms with E-state index >= 15 is 0 Å². The van der Waals surface area contributed by atoms with Crippen LogP contribution in [0.3, 0.4) is 0 Å². The molecule has 1 aliphatic rings. The van der Waals surface area contributed by atoms with E-state index in [4.69, 9.17) is 5.53 Å². The molecule has 0 aromatic carbocycles. The van der Waals surface area contributed by atoms with Crippen LogP contribution in [0.25, 0.3) is 16.8 Å². The average molecular weight is 456 g/mol.